The Hall–Kier alpha value is -3.81. The normalized spacial score (nSPS) is 14.8. The van der Waals surface area contributed by atoms with Gasteiger partial charge in [0.1, 0.15) is 11.5 Å². The van der Waals surface area contributed by atoms with Crippen molar-refractivity contribution < 1.29 is 4.79 Å². The summed E-state index contributed by atoms with van der Waals surface area (Å²) < 4.78 is 1.38. The molecule has 3 aromatic rings. The first-order valence-corrected chi connectivity index (χ1v) is 12.3. The summed E-state index contributed by atoms with van der Waals surface area (Å²) in [6.45, 7) is 2.65. The predicted molar refractivity (Wildman–Crippen MR) is 138 cm³/mol. The number of carbonyl (C=O) groups is 1. The Kier molecular flexibility index (Phi) is 7.70. The summed E-state index contributed by atoms with van der Waals surface area (Å²) in [4.78, 5) is 42.7. The molecule has 0 aliphatic heterocycles. The second-order valence-corrected chi connectivity index (χ2v) is 9.05. The molecule has 1 unspecified atom stereocenters. The van der Waals surface area contributed by atoms with Gasteiger partial charge in [-0.15, -0.1) is 0 Å². The van der Waals surface area contributed by atoms with E-state index in [1.54, 1.807) is 4.90 Å². The van der Waals surface area contributed by atoms with Crippen molar-refractivity contribution in [2.45, 2.75) is 58.2 Å². The van der Waals surface area contributed by atoms with Crippen LogP contribution in [0.3, 0.4) is 0 Å². The van der Waals surface area contributed by atoms with Gasteiger partial charge in [0.15, 0.2) is 0 Å². The van der Waals surface area contributed by atoms with Crippen molar-refractivity contribution >= 4 is 17.4 Å². The first-order valence-electron chi connectivity index (χ1n) is 12.3. The van der Waals surface area contributed by atoms with E-state index in [9.17, 15) is 14.4 Å². The molecule has 4 rings (SSSR count). The molecule has 0 saturated heterocycles. The lowest BCUT2D eigenvalue weighted by atomic mass is 9.88. The quantitative estimate of drug-likeness (QED) is 0.440. The molecule has 2 aromatic carbocycles. The molecule has 0 radical (unpaired) electrons. The van der Waals surface area contributed by atoms with Crippen molar-refractivity contribution in [3.63, 3.8) is 0 Å². The lowest BCUT2D eigenvalue weighted by Gasteiger charge is -2.29. The molecule has 0 saturated carbocycles. The maximum absolute atomic E-state index is 13.3. The van der Waals surface area contributed by atoms with E-state index in [0.717, 1.165) is 43.2 Å². The van der Waals surface area contributed by atoms with Crippen molar-refractivity contribution in [2.24, 2.45) is 0 Å². The summed E-state index contributed by atoms with van der Waals surface area (Å²) in [7, 11) is 0. The number of anilines is 2. The second-order valence-electron chi connectivity index (χ2n) is 9.05. The zero-order chi connectivity index (χ0) is 24.8. The van der Waals surface area contributed by atoms with Crippen LogP contribution >= 0.6 is 0 Å². The standard InChI is InChI=1S/C27H33N5O3/c1-2-3-16-32-25(28)24(26(34)30-27(32)35)31(17-19-10-5-4-6-11-19)18-23(33)29-22-15-9-13-20-12-7-8-14-21(20)22/h4-8,10-12,14,22H,2-3,9,13,15-18,28H2,1H3,(H,29,33)(H,30,34,35). The van der Waals surface area contributed by atoms with Gasteiger partial charge in [-0.3, -0.25) is 19.1 Å². The first-order chi connectivity index (χ1) is 17.0. The minimum absolute atomic E-state index is 0.0627. The van der Waals surface area contributed by atoms with Crippen LogP contribution in [-0.2, 0) is 24.3 Å². The molecule has 1 aromatic heterocycles. The number of nitrogens with two attached hydrogens (primary N) is 1. The Bertz CT molecular complexity index is 1280. The topological polar surface area (TPSA) is 113 Å². The highest BCUT2D eigenvalue weighted by Gasteiger charge is 2.25. The van der Waals surface area contributed by atoms with Gasteiger partial charge in [-0.1, -0.05) is 67.9 Å². The third-order valence-corrected chi connectivity index (χ3v) is 6.52. The average molecular weight is 476 g/mol. The fraction of sp³-hybridized carbons (Fsp3) is 0.370. The Morgan fingerprint density at radius 3 is 2.66 bits per heavy atom. The van der Waals surface area contributed by atoms with Crippen molar-refractivity contribution in [1.82, 2.24) is 14.9 Å². The maximum Gasteiger partial charge on any atom is 0.330 e. The Labute approximate surface area is 204 Å². The lowest BCUT2D eigenvalue weighted by molar-refractivity contribution is -0.120. The van der Waals surface area contributed by atoms with Gasteiger partial charge in [0.2, 0.25) is 5.91 Å². The van der Waals surface area contributed by atoms with Crippen LogP contribution in [0.4, 0.5) is 11.5 Å². The van der Waals surface area contributed by atoms with Gasteiger partial charge >= 0.3 is 5.69 Å². The van der Waals surface area contributed by atoms with Crippen molar-refractivity contribution in [1.29, 1.82) is 0 Å². The van der Waals surface area contributed by atoms with Crippen LogP contribution in [0, 0.1) is 0 Å². The van der Waals surface area contributed by atoms with Gasteiger partial charge in [0.25, 0.3) is 5.56 Å². The summed E-state index contributed by atoms with van der Waals surface area (Å²) in [6, 6.07) is 17.7. The van der Waals surface area contributed by atoms with Crippen LogP contribution < -0.4 is 27.2 Å². The van der Waals surface area contributed by atoms with Crippen molar-refractivity contribution in [2.75, 3.05) is 17.2 Å². The Balaban J connectivity index is 1.64. The number of carbonyl (C=O) groups excluding carboxylic acids is 1. The van der Waals surface area contributed by atoms with Crippen molar-refractivity contribution in [3.05, 3.63) is 92.1 Å². The van der Waals surface area contributed by atoms with E-state index in [-0.39, 0.29) is 30.0 Å². The number of aromatic amines is 1. The fourth-order valence-corrected chi connectivity index (χ4v) is 4.76. The highest BCUT2D eigenvalue weighted by molar-refractivity contribution is 5.83. The molecule has 1 amide bonds. The number of hydrogen-bond donors (Lipinski definition) is 3. The number of amides is 1. The van der Waals surface area contributed by atoms with Crippen LogP contribution in [-0.4, -0.2) is 22.0 Å². The Morgan fingerprint density at radius 2 is 1.89 bits per heavy atom. The number of H-pyrrole nitrogens is 1. The lowest BCUT2D eigenvalue weighted by Crippen LogP contribution is -2.43. The number of hydrogen-bond acceptors (Lipinski definition) is 5. The molecule has 35 heavy (non-hydrogen) atoms. The SMILES string of the molecule is CCCCn1c(N)c(N(CC(=O)NC2CCCc3ccccc32)Cc2ccccc2)c(=O)[nH]c1=O. The summed E-state index contributed by atoms with van der Waals surface area (Å²) in [5.74, 6) is -0.119. The predicted octanol–water partition coefficient (Wildman–Crippen LogP) is 3.12. The smallest absolute Gasteiger partial charge is 0.330 e. The molecular formula is C27H33N5O3. The minimum Gasteiger partial charge on any atom is -0.383 e. The van der Waals surface area contributed by atoms with E-state index in [1.165, 1.54) is 10.1 Å². The number of aryl methyl sites for hydroxylation is 1. The summed E-state index contributed by atoms with van der Waals surface area (Å²) in [5, 5.41) is 3.16. The van der Waals surface area contributed by atoms with E-state index < -0.39 is 11.2 Å². The molecule has 0 spiro atoms. The monoisotopic (exact) mass is 475 g/mol. The number of benzene rings is 2. The number of aromatic nitrogens is 2. The number of nitrogens with zero attached hydrogens (tertiary/aromatic N) is 2. The Morgan fingerprint density at radius 1 is 1.14 bits per heavy atom. The highest BCUT2D eigenvalue weighted by Crippen LogP contribution is 2.29. The van der Waals surface area contributed by atoms with Gasteiger partial charge in [-0.05, 0) is 42.4 Å². The van der Waals surface area contributed by atoms with Crippen molar-refractivity contribution in [3.8, 4) is 0 Å². The van der Waals surface area contributed by atoms with E-state index in [0.29, 0.717) is 13.1 Å². The van der Waals surface area contributed by atoms with Gasteiger partial charge in [0.05, 0.1) is 12.6 Å². The molecule has 1 heterocycles. The molecular weight excluding hydrogens is 442 g/mol. The molecule has 0 fully saturated rings. The number of unbranched alkanes of at least 4 members (excludes halogenated alkanes) is 1. The molecule has 8 heteroatoms. The van der Waals surface area contributed by atoms with Gasteiger partial charge < -0.3 is 16.0 Å². The second kappa shape index (κ2) is 11.1. The zero-order valence-electron chi connectivity index (χ0n) is 20.1. The number of nitrogens with one attached hydrogen (secondary N) is 2. The highest BCUT2D eigenvalue weighted by atomic mass is 16.2. The first kappa shape index (κ1) is 24.3. The van der Waals surface area contributed by atoms with Gasteiger partial charge in [-0.25, -0.2) is 4.79 Å². The van der Waals surface area contributed by atoms with Crippen LogP contribution in [0.25, 0.3) is 0 Å². The number of fused-ring (bicyclic) bond motifs is 1. The largest absolute Gasteiger partial charge is 0.383 e. The summed E-state index contributed by atoms with van der Waals surface area (Å²) >= 11 is 0. The molecule has 0 bridgehead atoms. The van der Waals surface area contributed by atoms with Crippen LogP contribution in [0.15, 0.2) is 64.2 Å². The van der Waals surface area contributed by atoms with E-state index in [2.05, 4.69) is 22.4 Å². The molecule has 4 N–H and O–H groups in total. The van der Waals surface area contributed by atoms with Crippen LogP contribution in [0.1, 0.15) is 55.3 Å². The number of nitrogen functional groups attached to an aromatic ring is 1. The molecule has 1 aliphatic carbocycles. The van der Waals surface area contributed by atoms with E-state index >= 15 is 0 Å². The van der Waals surface area contributed by atoms with E-state index in [4.69, 9.17) is 5.73 Å². The zero-order valence-corrected chi connectivity index (χ0v) is 20.1. The van der Waals surface area contributed by atoms with E-state index in [1.807, 2.05) is 49.4 Å². The maximum atomic E-state index is 13.3. The third kappa shape index (κ3) is 5.65. The summed E-state index contributed by atoms with van der Waals surface area (Å²) in [5.41, 5.74) is 8.72. The van der Waals surface area contributed by atoms with Gasteiger partial charge in [-0.2, -0.15) is 0 Å². The van der Waals surface area contributed by atoms with Crippen LogP contribution in [0.5, 0.6) is 0 Å². The van der Waals surface area contributed by atoms with Gasteiger partial charge in [0, 0.05) is 13.1 Å². The number of rotatable bonds is 9. The fourth-order valence-electron chi connectivity index (χ4n) is 4.76. The average Bonchev–Trinajstić information content (AvgIpc) is 2.84. The molecule has 1 aliphatic rings. The van der Waals surface area contributed by atoms with Crippen LogP contribution in [0.2, 0.25) is 0 Å². The molecule has 1 atom stereocenters. The molecule has 184 valence electrons. The molecule has 8 nitrogen and oxygen atoms in total. The minimum atomic E-state index is -0.591. The third-order valence-electron chi connectivity index (χ3n) is 6.52. The summed E-state index contributed by atoms with van der Waals surface area (Å²) in [6.07, 6.45) is 4.50.